The molecule has 0 spiro atoms. The van der Waals surface area contributed by atoms with E-state index in [0.717, 1.165) is 17.3 Å². The molecule has 1 amide bonds. The van der Waals surface area contributed by atoms with Crippen molar-refractivity contribution in [1.29, 1.82) is 0 Å². The van der Waals surface area contributed by atoms with E-state index in [1.807, 2.05) is 11.0 Å². The number of halogens is 1. The van der Waals surface area contributed by atoms with Crippen LogP contribution in [0.5, 0.6) is 5.75 Å². The molecule has 2 aromatic heterocycles. The van der Waals surface area contributed by atoms with E-state index in [2.05, 4.69) is 9.97 Å². The Hall–Kier alpha value is -3.79. The van der Waals surface area contributed by atoms with Crippen molar-refractivity contribution >= 4 is 12.0 Å². The summed E-state index contributed by atoms with van der Waals surface area (Å²) < 4.78 is 26.6. The summed E-state index contributed by atoms with van der Waals surface area (Å²) in [6.45, 7) is 3.16. The van der Waals surface area contributed by atoms with Gasteiger partial charge in [0.25, 0.3) is 5.56 Å². The Bertz CT molecular complexity index is 1230. The van der Waals surface area contributed by atoms with Crippen LogP contribution in [0.3, 0.4) is 0 Å². The third-order valence-electron chi connectivity index (χ3n) is 5.29. The molecule has 1 saturated heterocycles. The van der Waals surface area contributed by atoms with Gasteiger partial charge in [0.15, 0.2) is 5.82 Å². The first-order valence-corrected chi connectivity index (χ1v) is 9.96. The van der Waals surface area contributed by atoms with Crippen molar-refractivity contribution in [3.63, 3.8) is 0 Å². The number of benzene rings is 1. The molecule has 10 heteroatoms. The van der Waals surface area contributed by atoms with Crippen LogP contribution in [0.1, 0.15) is 17.2 Å². The normalized spacial score (nSPS) is 16.1. The van der Waals surface area contributed by atoms with Crippen LogP contribution in [-0.4, -0.2) is 40.3 Å². The van der Waals surface area contributed by atoms with Crippen molar-refractivity contribution in [3.8, 4) is 17.0 Å². The first kappa shape index (κ1) is 21.4. The van der Waals surface area contributed by atoms with E-state index < -0.39 is 11.9 Å². The summed E-state index contributed by atoms with van der Waals surface area (Å²) >= 11 is 0. The van der Waals surface area contributed by atoms with Crippen molar-refractivity contribution in [2.45, 2.75) is 13.0 Å². The Balaban J connectivity index is 1.64. The quantitative estimate of drug-likeness (QED) is 0.664. The van der Waals surface area contributed by atoms with E-state index in [0.29, 0.717) is 31.4 Å². The van der Waals surface area contributed by atoms with Crippen molar-refractivity contribution < 1.29 is 18.7 Å². The Morgan fingerprint density at radius 2 is 2.12 bits per heavy atom. The molecule has 0 saturated carbocycles. The Labute approximate surface area is 183 Å². The minimum atomic E-state index is -0.876. The molecule has 1 fully saturated rings. The Morgan fingerprint density at radius 3 is 2.84 bits per heavy atom. The molecule has 32 heavy (non-hydrogen) atoms. The van der Waals surface area contributed by atoms with Crippen LogP contribution in [0.2, 0.25) is 0 Å². The molecule has 2 N–H and O–H groups in total. The fourth-order valence-corrected chi connectivity index (χ4v) is 3.66. The van der Waals surface area contributed by atoms with Gasteiger partial charge < -0.3 is 20.1 Å². The van der Waals surface area contributed by atoms with Crippen molar-refractivity contribution in [2.24, 2.45) is 12.8 Å². The highest BCUT2D eigenvalue weighted by atomic mass is 19.1. The number of aryl methyl sites for hydroxylation is 1. The summed E-state index contributed by atoms with van der Waals surface area (Å²) in [5, 5.41) is 0. The molecule has 0 radical (unpaired) electrons. The third kappa shape index (κ3) is 4.30. The van der Waals surface area contributed by atoms with Gasteiger partial charge in [0, 0.05) is 31.4 Å². The summed E-state index contributed by atoms with van der Waals surface area (Å²) in [5.41, 5.74) is 6.87. The molecule has 0 unspecified atom stereocenters. The van der Waals surface area contributed by atoms with Gasteiger partial charge in [0.05, 0.1) is 25.0 Å². The smallest absolute Gasteiger partial charge is 0.409 e. The van der Waals surface area contributed by atoms with Crippen molar-refractivity contribution in [2.75, 3.05) is 24.6 Å². The maximum absolute atomic E-state index is 14.2. The second-order valence-electron chi connectivity index (χ2n) is 7.45. The Morgan fingerprint density at radius 1 is 1.31 bits per heavy atom. The molecule has 1 atom stereocenters. The summed E-state index contributed by atoms with van der Waals surface area (Å²) in [6.07, 6.45) is 1.37. The van der Waals surface area contributed by atoms with Crippen LogP contribution in [-0.2, 0) is 11.8 Å². The van der Waals surface area contributed by atoms with Crippen LogP contribution in [0.25, 0.3) is 11.3 Å². The zero-order chi connectivity index (χ0) is 22.8. The third-order valence-corrected chi connectivity index (χ3v) is 5.29. The molecule has 3 heterocycles. The van der Waals surface area contributed by atoms with E-state index >= 15 is 0 Å². The van der Waals surface area contributed by atoms with E-state index in [9.17, 15) is 14.0 Å². The molecule has 3 aromatic rings. The highest BCUT2D eigenvalue weighted by Gasteiger charge is 2.26. The lowest BCUT2D eigenvalue weighted by Crippen LogP contribution is -2.41. The molecule has 0 bridgehead atoms. The summed E-state index contributed by atoms with van der Waals surface area (Å²) in [4.78, 5) is 33.9. The highest BCUT2D eigenvalue weighted by Crippen LogP contribution is 2.29. The maximum Gasteiger partial charge on any atom is 0.409 e. The summed E-state index contributed by atoms with van der Waals surface area (Å²) in [7, 11) is 1.63. The number of rotatable bonds is 4. The number of primary amides is 1. The summed E-state index contributed by atoms with van der Waals surface area (Å²) in [5.74, 6) is 0.250. The summed E-state index contributed by atoms with van der Waals surface area (Å²) in [6, 6.07) is 8.12. The van der Waals surface area contributed by atoms with E-state index in [1.165, 1.54) is 22.9 Å². The van der Waals surface area contributed by atoms with E-state index in [1.54, 1.807) is 26.1 Å². The topological polar surface area (TPSA) is 113 Å². The van der Waals surface area contributed by atoms with Gasteiger partial charge in [-0.3, -0.25) is 14.3 Å². The van der Waals surface area contributed by atoms with Crippen LogP contribution in [0.15, 0.2) is 47.5 Å². The van der Waals surface area contributed by atoms with Gasteiger partial charge in [-0.05, 0) is 36.2 Å². The minimum Gasteiger partial charge on any atom is -0.410 e. The van der Waals surface area contributed by atoms with Crippen LogP contribution in [0.4, 0.5) is 15.1 Å². The fraction of sp³-hybridized carbons (Fsp3) is 0.273. The molecular weight excluding hydrogens is 417 g/mol. The number of amides is 1. The lowest BCUT2D eigenvalue weighted by Gasteiger charge is -2.34. The first-order chi connectivity index (χ1) is 15.3. The predicted octanol–water partition coefficient (Wildman–Crippen LogP) is 2.33. The average molecular weight is 439 g/mol. The molecule has 0 aliphatic carbocycles. The van der Waals surface area contributed by atoms with Gasteiger partial charge in [-0.15, -0.1) is 0 Å². The lowest BCUT2D eigenvalue weighted by molar-refractivity contribution is 0.0389. The molecule has 9 nitrogen and oxygen atoms in total. The number of morpholine rings is 1. The van der Waals surface area contributed by atoms with Gasteiger partial charge >= 0.3 is 6.09 Å². The molecule has 1 aliphatic rings. The van der Waals surface area contributed by atoms with Crippen molar-refractivity contribution in [3.05, 3.63) is 70.0 Å². The number of hydrogen-bond donors (Lipinski definition) is 1. The number of carbonyl (C=O) groups excluding carboxylic acids is 1. The number of ether oxygens (including phenoxy) is 2. The van der Waals surface area contributed by atoms with Crippen LogP contribution in [0, 0.1) is 12.7 Å². The second-order valence-corrected chi connectivity index (χ2v) is 7.45. The van der Waals surface area contributed by atoms with E-state index in [-0.39, 0.29) is 22.9 Å². The number of anilines is 1. The highest BCUT2D eigenvalue weighted by molar-refractivity contribution is 5.68. The number of nitrogens with zero attached hydrogens (tertiary/aromatic N) is 4. The number of nitrogens with two attached hydrogens (primary N) is 1. The number of pyridine rings is 1. The van der Waals surface area contributed by atoms with Crippen LogP contribution < -0.4 is 20.9 Å². The zero-order valence-electron chi connectivity index (χ0n) is 17.6. The number of carbonyl (C=O) groups is 1. The molecular formula is C22H22FN5O4. The van der Waals surface area contributed by atoms with Crippen molar-refractivity contribution in [1.82, 2.24) is 14.5 Å². The lowest BCUT2D eigenvalue weighted by atomic mass is 10.0. The minimum absolute atomic E-state index is 0.212. The largest absolute Gasteiger partial charge is 0.410 e. The Kier molecular flexibility index (Phi) is 5.87. The van der Waals surface area contributed by atoms with Gasteiger partial charge in [-0.2, -0.15) is 0 Å². The molecule has 166 valence electrons. The maximum atomic E-state index is 14.2. The van der Waals surface area contributed by atoms with Gasteiger partial charge in [0.2, 0.25) is 5.95 Å². The zero-order valence-corrected chi connectivity index (χ0v) is 17.6. The first-order valence-electron chi connectivity index (χ1n) is 9.96. The number of aromatic nitrogens is 3. The fourth-order valence-electron chi connectivity index (χ4n) is 3.66. The van der Waals surface area contributed by atoms with Gasteiger partial charge in [-0.1, -0.05) is 6.07 Å². The van der Waals surface area contributed by atoms with Gasteiger partial charge in [0.1, 0.15) is 11.9 Å². The molecule has 1 aromatic carbocycles. The molecule has 1 aliphatic heterocycles. The standard InChI is InChI=1S/C22H22FN5O4/c1-13-9-14(3-4-18(13)32-21(24)30)19-12-28(7-8-31-19)22-26-17(10-20(29)27(22)2)15-5-6-25-11-16(15)23/h3-6,9-11,19H,7-8,12H2,1-2H3,(H2,24,30)/t19-/m1/s1. The van der Waals surface area contributed by atoms with E-state index in [4.69, 9.17) is 15.2 Å². The van der Waals surface area contributed by atoms with Gasteiger partial charge in [-0.25, -0.2) is 14.2 Å². The van der Waals surface area contributed by atoms with Crippen LogP contribution >= 0.6 is 0 Å². The molecule has 4 rings (SSSR count). The second kappa shape index (κ2) is 8.75. The SMILES string of the molecule is Cc1cc([C@H]2CN(c3nc(-c4ccncc4F)cc(=O)n3C)CCO2)ccc1OC(N)=O. The predicted molar refractivity (Wildman–Crippen MR) is 115 cm³/mol. The monoisotopic (exact) mass is 439 g/mol. The average Bonchev–Trinajstić information content (AvgIpc) is 2.77. The number of hydrogen-bond acceptors (Lipinski definition) is 7.